The lowest BCUT2D eigenvalue weighted by atomic mass is 10.1. The Labute approximate surface area is 140 Å². The summed E-state index contributed by atoms with van der Waals surface area (Å²) in [7, 11) is 0. The first-order valence-electron chi connectivity index (χ1n) is 7.84. The van der Waals surface area contributed by atoms with Gasteiger partial charge < -0.3 is 10.2 Å². The normalized spacial score (nSPS) is 14.1. The van der Waals surface area contributed by atoms with Crippen LogP contribution in [0, 0.1) is 0 Å². The van der Waals surface area contributed by atoms with Gasteiger partial charge in [-0.2, -0.15) is 0 Å². The molecule has 1 N–H and O–H groups in total. The van der Waals surface area contributed by atoms with Crippen molar-refractivity contribution in [3.63, 3.8) is 0 Å². The first kappa shape index (κ1) is 15.7. The molecule has 1 aliphatic rings. The Morgan fingerprint density at radius 1 is 1.30 bits per heavy atom. The number of hydrogen-bond acceptors (Lipinski definition) is 4. The number of halogens is 1. The van der Waals surface area contributed by atoms with Crippen molar-refractivity contribution in [3.8, 4) is 11.3 Å². The molecule has 0 spiro atoms. The highest BCUT2D eigenvalue weighted by Gasteiger charge is 2.22. The van der Waals surface area contributed by atoms with Crippen LogP contribution in [0.15, 0.2) is 30.6 Å². The summed E-state index contributed by atoms with van der Waals surface area (Å²) in [6, 6.07) is 7.47. The second-order valence-corrected chi connectivity index (χ2v) is 5.96. The van der Waals surface area contributed by atoms with Crippen LogP contribution in [0.25, 0.3) is 11.3 Å². The molecule has 1 aromatic heterocycles. The van der Waals surface area contributed by atoms with Crippen LogP contribution in [-0.2, 0) is 4.79 Å². The zero-order chi connectivity index (χ0) is 16.2. The predicted octanol–water partition coefficient (Wildman–Crippen LogP) is 3.75. The molecule has 23 heavy (non-hydrogen) atoms. The molecule has 1 aliphatic heterocycles. The van der Waals surface area contributed by atoms with E-state index in [0.717, 1.165) is 37.3 Å². The molecule has 0 unspecified atom stereocenters. The highest BCUT2D eigenvalue weighted by Crippen LogP contribution is 2.35. The second-order valence-electron chi connectivity index (χ2n) is 5.53. The molecule has 1 aromatic carbocycles. The summed E-state index contributed by atoms with van der Waals surface area (Å²) in [5, 5.41) is 3.61. The van der Waals surface area contributed by atoms with Crippen molar-refractivity contribution in [3.05, 3.63) is 35.6 Å². The molecule has 0 saturated carbocycles. The van der Waals surface area contributed by atoms with Crippen LogP contribution in [0.2, 0.25) is 5.02 Å². The van der Waals surface area contributed by atoms with Crippen molar-refractivity contribution in [1.29, 1.82) is 0 Å². The van der Waals surface area contributed by atoms with Gasteiger partial charge in [0.25, 0.3) is 0 Å². The zero-order valence-corrected chi connectivity index (χ0v) is 13.8. The predicted molar refractivity (Wildman–Crippen MR) is 92.8 cm³/mol. The van der Waals surface area contributed by atoms with Gasteiger partial charge in [0.15, 0.2) is 5.82 Å². The van der Waals surface area contributed by atoms with E-state index in [1.165, 1.54) is 0 Å². The molecule has 1 amide bonds. The van der Waals surface area contributed by atoms with Crippen LogP contribution < -0.4 is 10.2 Å². The van der Waals surface area contributed by atoms with Gasteiger partial charge in [-0.3, -0.25) is 4.79 Å². The minimum atomic E-state index is -0.0523. The van der Waals surface area contributed by atoms with Gasteiger partial charge in [0.2, 0.25) is 5.91 Å². The Bertz CT molecular complexity index is 713. The van der Waals surface area contributed by atoms with Crippen LogP contribution in [0.4, 0.5) is 11.5 Å². The number of aromatic nitrogens is 2. The maximum atomic E-state index is 12.0. The van der Waals surface area contributed by atoms with Crippen LogP contribution >= 0.6 is 11.6 Å². The van der Waals surface area contributed by atoms with Gasteiger partial charge in [-0.1, -0.05) is 30.7 Å². The number of anilines is 2. The number of benzene rings is 1. The van der Waals surface area contributed by atoms with Gasteiger partial charge in [-0.15, -0.1) is 0 Å². The second kappa shape index (κ2) is 6.96. The Balaban J connectivity index is 2.10. The van der Waals surface area contributed by atoms with Gasteiger partial charge in [0.1, 0.15) is 12.0 Å². The number of amides is 1. The molecule has 3 rings (SSSR count). The Morgan fingerprint density at radius 3 is 2.78 bits per heavy atom. The van der Waals surface area contributed by atoms with Crippen molar-refractivity contribution in [2.75, 3.05) is 23.3 Å². The van der Waals surface area contributed by atoms with Crippen LogP contribution in [0.1, 0.15) is 26.2 Å². The van der Waals surface area contributed by atoms with E-state index in [9.17, 15) is 4.79 Å². The third kappa shape index (κ3) is 3.45. The quantitative estimate of drug-likeness (QED) is 0.927. The minimum absolute atomic E-state index is 0.0523. The molecular weight excluding hydrogens is 312 g/mol. The topological polar surface area (TPSA) is 58.1 Å². The van der Waals surface area contributed by atoms with Crippen LogP contribution in [0.5, 0.6) is 0 Å². The van der Waals surface area contributed by atoms with Gasteiger partial charge in [0.05, 0.1) is 5.69 Å². The Morgan fingerprint density at radius 2 is 2.09 bits per heavy atom. The third-order valence-electron chi connectivity index (χ3n) is 3.92. The highest BCUT2D eigenvalue weighted by molar-refractivity contribution is 6.30. The standard InChI is InChI=1S/C17H19ClN4O/c1-2-14(23)21-16-15(12-6-5-7-13(18)10-12)19-11-20-17(16)22-8-3-4-9-22/h5-7,10-11H,2-4,8-9H2,1H3,(H,21,23). The number of rotatable bonds is 4. The molecule has 0 radical (unpaired) electrons. The fraction of sp³-hybridized carbons (Fsp3) is 0.353. The van der Waals surface area contributed by atoms with E-state index in [1.54, 1.807) is 6.33 Å². The highest BCUT2D eigenvalue weighted by atomic mass is 35.5. The number of carbonyl (C=O) groups is 1. The molecule has 0 bridgehead atoms. The molecule has 6 heteroatoms. The van der Waals surface area contributed by atoms with E-state index in [0.29, 0.717) is 22.8 Å². The fourth-order valence-electron chi connectivity index (χ4n) is 2.74. The largest absolute Gasteiger partial charge is 0.355 e. The minimum Gasteiger partial charge on any atom is -0.355 e. The van der Waals surface area contributed by atoms with E-state index >= 15 is 0 Å². The summed E-state index contributed by atoms with van der Waals surface area (Å²) in [5.41, 5.74) is 2.24. The first-order chi connectivity index (χ1) is 11.2. The maximum Gasteiger partial charge on any atom is 0.224 e. The van der Waals surface area contributed by atoms with Gasteiger partial charge in [0, 0.05) is 30.1 Å². The average Bonchev–Trinajstić information content (AvgIpc) is 3.09. The van der Waals surface area contributed by atoms with E-state index < -0.39 is 0 Å². The van der Waals surface area contributed by atoms with Crippen molar-refractivity contribution >= 4 is 29.0 Å². The molecule has 0 atom stereocenters. The smallest absolute Gasteiger partial charge is 0.224 e. The van der Waals surface area contributed by atoms with Crippen LogP contribution in [0.3, 0.4) is 0 Å². The van der Waals surface area contributed by atoms with Crippen molar-refractivity contribution in [1.82, 2.24) is 9.97 Å². The van der Waals surface area contributed by atoms with Gasteiger partial charge in [-0.25, -0.2) is 9.97 Å². The summed E-state index contributed by atoms with van der Waals surface area (Å²) in [5.74, 6) is 0.734. The lowest BCUT2D eigenvalue weighted by Crippen LogP contribution is -2.23. The maximum absolute atomic E-state index is 12.0. The van der Waals surface area contributed by atoms with Gasteiger partial charge >= 0.3 is 0 Å². The van der Waals surface area contributed by atoms with Crippen LogP contribution in [-0.4, -0.2) is 29.0 Å². The van der Waals surface area contributed by atoms with E-state index in [1.807, 2.05) is 31.2 Å². The van der Waals surface area contributed by atoms with Crippen molar-refractivity contribution < 1.29 is 4.79 Å². The molecule has 5 nitrogen and oxygen atoms in total. The molecule has 1 fully saturated rings. The first-order valence-corrected chi connectivity index (χ1v) is 8.22. The van der Waals surface area contributed by atoms with Crippen molar-refractivity contribution in [2.24, 2.45) is 0 Å². The molecule has 2 heterocycles. The number of hydrogen-bond donors (Lipinski definition) is 1. The molecule has 2 aromatic rings. The summed E-state index contributed by atoms with van der Waals surface area (Å²) in [4.78, 5) is 23.0. The number of carbonyl (C=O) groups excluding carboxylic acids is 1. The average molecular weight is 331 g/mol. The molecule has 0 aliphatic carbocycles. The van der Waals surface area contributed by atoms with E-state index in [-0.39, 0.29) is 5.91 Å². The number of nitrogens with zero attached hydrogens (tertiary/aromatic N) is 3. The lowest BCUT2D eigenvalue weighted by molar-refractivity contribution is -0.115. The summed E-state index contributed by atoms with van der Waals surface area (Å²) in [6.45, 7) is 3.72. The summed E-state index contributed by atoms with van der Waals surface area (Å²) < 4.78 is 0. The van der Waals surface area contributed by atoms with E-state index in [2.05, 4.69) is 20.2 Å². The SMILES string of the molecule is CCC(=O)Nc1c(-c2cccc(Cl)c2)ncnc1N1CCCC1. The number of nitrogens with one attached hydrogen (secondary N) is 1. The molecule has 120 valence electrons. The fourth-order valence-corrected chi connectivity index (χ4v) is 2.93. The third-order valence-corrected chi connectivity index (χ3v) is 4.15. The van der Waals surface area contributed by atoms with E-state index in [4.69, 9.17) is 11.6 Å². The summed E-state index contributed by atoms with van der Waals surface area (Å²) in [6.07, 6.45) is 4.23. The monoisotopic (exact) mass is 330 g/mol. The molecular formula is C17H19ClN4O. The molecule has 1 saturated heterocycles. The summed E-state index contributed by atoms with van der Waals surface area (Å²) >= 11 is 6.11. The Kier molecular flexibility index (Phi) is 4.76. The van der Waals surface area contributed by atoms with Gasteiger partial charge in [-0.05, 0) is 25.0 Å². The lowest BCUT2D eigenvalue weighted by Gasteiger charge is -2.21. The zero-order valence-electron chi connectivity index (χ0n) is 13.1. The van der Waals surface area contributed by atoms with Crippen molar-refractivity contribution in [2.45, 2.75) is 26.2 Å². The Hall–Kier alpha value is -2.14.